The van der Waals surface area contributed by atoms with Crippen molar-refractivity contribution in [1.82, 2.24) is 5.32 Å². The first-order chi connectivity index (χ1) is 6.56. The minimum absolute atomic E-state index is 0.00813. The molecule has 4 nitrogen and oxygen atoms in total. The van der Waals surface area contributed by atoms with Crippen LogP contribution in [0.2, 0.25) is 0 Å². The van der Waals surface area contributed by atoms with Crippen molar-refractivity contribution in [3.8, 4) is 0 Å². The van der Waals surface area contributed by atoms with Crippen molar-refractivity contribution in [1.29, 1.82) is 0 Å². The number of amides is 1. The van der Waals surface area contributed by atoms with Crippen LogP contribution in [0.5, 0.6) is 0 Å². The fraction of sp³-hybridized carbons (Fsp3) is 0.818. The highest BCUT2D eigenvalue weighted by Crippen LogP contribution is 2.20. The first kappa shape index (κ1) is 14.1. The molecule has 0 heterocycles. The molecule has 0 aromatic carbocycles. The summed E-state index contributed by atoms with van der Waals surface area (Å²) in [5.74, 6) is -0.219. The molecule has 2 N–H and O–H groups in total. The van der Waals surface area contributed by atoms with Crippen LogP contribution >= 0.6 is 0 Å². The summed E-state index contributed by atoms with van der Waals surface area (Å²) in [6.45, 7) is 8.22. The van der Waals surface area contributed by atoms with Crippen molar-refractivity contribution < 1.29 is 14.7 Å². The quantitative estimate of drug-likeness (QED) is 0.719. The summed E-state index contributed by atoms with van der Waals surface area (Å²) in [4.78, 5) is 22.1. The van der Waals surface area contributed by atoms with Gasteiger partial charge in [-0.3, -0.25) is 4.79 Å². The van der Waals surface area contributed by atoms with Crippen LogP contribution in [0.15, 0.2) is 0 Å². The van der Waals surface area contributed by atoms with E-state index in [0.717, 1.165) is 0 Å². The highest BCUT2D eigenvalue weighted by molar-refractivity contribution is 5.83. The van der Waals surface area contributed by atoms with Gasteiger partial charge >= 0.3 is 0 Å². The summed E-state index contributed by atoms with van der Waals surface area (Å²) in [5.41, 5.74) is -1.71. The van der Waals surface area contributed by atoms with Gasteiger partial charge in [-0.15, -0.1) is 0 Å². The Morgan fingerprint density at radius 3 is 1.93 bits per heavy atom. The van der Waals surface area contributed by atoms with E-state index in [-0.39, 0.29) is 24.5 Å². The Kier molecular flexibility index (Phi) is 4.46. The zero-order valence-corrected chi connectivity index (χ0v) is 10.2. The average Bonchev–Trinajstić information content (AvgIpc) is 1.97. The van der Waals surface area contributed by atoms with Crippen LogP contribution in [0, 0.1) is 0 Å². The number of hydrogen-bond acceptors (Lipinski definition) is 3. The summed E-state index contributed by atoms with van der Waals surface area (Å²) >= 11 is 0. The maximum atomic E-state index is 11.4. The second-order valence-electron chi connectivity index (χ2n) is 4.93. The van der Waals surface area contributed by atoms with Crippen molar-refractivity contribution in [2.45, 2.75) is 58.6 Å². The third-order valence-corrected chi connectivity index (χ3v) is 2.69. The van der Waals surface area contributed by atoms with E-state index in [2.05, 4.69) is 5.32 Å². The van der Waals surface area contributed by atoms with E-state index in [4.69, 9.17) is 0 Å². The van der Waals surface area contributed by atoms with E-state index in [0.29, 0.717) is 0 Å². The minimum atomic E-state index is -1.00. The summed E-state index contributed by atoms with van der Waals surface area (Å²) in [7, 11) is 0. The molecule has 0 bridgehead atoms. The molecule has 15 heavy (non-hydrogen) atoms. The molecule has 0 aliphatic rings. The molecule has 4 heteroatoms. The number of carbonyl (C=O) groups is 2. The van der Waals surface area contributed by atoms with E-state index < -0.39 is 11.1 Å². The van der Waals surface area contributed by atoms with Gasteiger partial charge in [0, 0.05) is 12.8 Å². The van der Waals surface area contributed by atoms with Gasteiger partial charge in [0.2, 0.25) is 5.91 Å². The molecule has 88 valence electrons. The van der Waals surface area contributed by atoms with E-state index in [1.165, 1.54) is 6.92 Å². The van der Waals surface area contributed by atoms with Gasteiger partial charge in [-0.1, -0.05) is 0 Å². The number of aliphatic hydroxyl groups is 1. The molecule has 1 amide bonds. The van der Waals surface area contributed by atoms with Gasteiger partial charge in [0.15, 0.2) is 0 Å². The highest BCUT2D eigenvalue weighted by atomic mass is 16.3. The van der Waals surface area contributed by atoms with Gasteiger partial charge in [-0.05, 0) is 34.6 Å². The lowest BCUT2D eigenvalue weighted by atomic mass is 9.86. The Labute approximate surface area is 91.1 Å². The number of ketones is 1. The van der Waals surface area contributed by atoms with Crippen molar-refractivity contribution >= 4 is 11.7 Å². The predicted molar refractivity (Wildman–Crippen MR) is 58.4 cm³/mol. The summed E-state index contributed by atoms with van der Waals surface area (Å²) < 4.78 is 0. The molecule has 0 saturated carbocycles. The maximum Gasteiger partial charge on any atom is 0.220 e. The van der Waals surface area contributed by atoms with Crippen LogP contribution in [0.4, 0.5) is 0 Å². The lowest BCUT2D eigenvalue weighted by molar-refractivity contribution is -0.128. The fourth-order valence-electron chi connectivity index (χ4n) is 0.854. The van der Waals surface area contributed by atoms with Gasteiger partial charge in [0.05, 0.1) is 11.1 Å². The normalized spacial score (nSPS) is 12.4. The van der Waals surface area contributed by atoms with E-state index in [1.807, 2.05) is 0 Å². The second-order valence-corrected chi connectivity index (χ2v) is 4.93. The van der Waals surface area contributed by atoms with Crippen LogP contribution in [-0.2, 0) is 9.59 Å². The standard InChI is InChI=1S/C11H21NO3/c1-8(13)6-7-9(14)12-10(2,3)11(4,5)15/h15H,6-7H2,1-5H3,(H,12,14). The number of Topliss-reactive ketones (excluding diaryl/α,β-unsaturated/α-hetero) is 1. The molecule has 0 rings (SSSR count). The highest BCUT2D eigenvalue weighted by Gasteiger charge is 2.36. The van der Waals surface area contributed by atoms with E-state index in [9.17, 15) is 14.7 Å². The van der Waals surface area contributed by atoms with Crippen molar-refractivity contribution in [3.63, 3.8) is 0 Å². The average molecular weight is 215 g/mol. The van der Waals surface area contributed by atoms with Gasteiger partial charge in [-0.2, -0.15) is 0 Å². The minimum Gasteiger partial charge on any atom is -0.388 e. The van der Waals surface area contributed by atoms with E-state index in [1.54, 1.807) is 27.7 Å². The van der Waals surface area contributed by atoms with Crippen LogP contribution in [0.3, 0.4) is 0 Å². The smallest absolute Gasteiger partial charge is 0.220 e. The summed E-state index contributed by atoms with van der Waals surface area (Å²) in [5, 5.41) is 12.5. The Balaban J connectivity index is 4.23. The molecule has 0 spiro atoms. The molecule has 0 aliphatic heterocycles. The Morgan fingerprint density at radius 1 is 1.13 bits per heavy atom. The number of carbonyl (C=O) groups excluding carboxylic acids is 2. The van der Waals surface area contributed by atoms with Crippen LogP contribution < -0.4 is 5.32 Å². The second kappa shape index (κ2) is 4.75. The zero-order valence-electron chi connectivity index (χ0n) is 10.2. The number of hydrogen-bond donors (Lipinski definition) is 2. The monoisotopic (exact) mass is 215 g/mol. The molecule has 0 aliphatic carbocycles. The van der Waals surface area contributed by atoms with Crippen LogP contribution in [-0.4, -0.2) is 27.9 Å². The van der Waals surface area contributed by atoms with Gasteiger partial charge in [0.1, 0.15) is 5.78 Å². The van der Waals surface area contributed by atoms with Gasteiger partial charge in [-0.25, -0.2) is 0 Å². The third kappa shape index (κ3) is 4.93. The first-order valence-corrected chi connectivity index (χ1v) is 5.09. The fourth-order valence-corrected chi connectivity index (χ4v) is 0.854. The van der Waals surface area contributed by atoms with Gasteiger partial charge < -0.3 is 15.2 Å². The molecular formula is C11H21NO3. The van der Waals surface area contributed by atoms with Crippen LogP contribution in [0.25, 0.3) is 0 Å². The topological polar surface area (TPSA) is 66.4 Å². The molecule has 0 aromatic heterocycles. The lowest BCUT2D eigenvalue weighted by Crippen LogP contribution is -2.57. The number of rotatable bonds is 5. The molecule has 0 aromatic rings. The Hall–Kier alpha value is -0.900. The van der Waals surface area contributed by atoms with E-state index >= 15 is 0 Å². The summed E-state index contributed by atoms with van der Waals surface area (Å²) in [6, 6.07) is 0. The molecule has 0 fully saturated rings. The first-order valence-electron chi connectivity index (χ1n) is 5.09. The molecule has 0 atom stereocenters. The van der Waals surface area contributed by atoms with Crippen molar-refractivity contribution in [2.75, 3.05) is 0 Å². The van der Waals surface area contributed by atoms with Crippen molar-refractivity contribution in [3.05, 3.63) is 0 Å². The zero-order chi connectivity index (χ0) is 12.3. The van der Waals surface area contributed by atoms with Gasteiger partial charge in [0.25, 0.3) is 0 Å². The Morgan fingerprint density at radius 2 is 1.60 bits per heavy atom. The molecule has 0 unspecified atom stereocenters. The predicted octanol–water partition coefficient (Wildman–Crippen LogP) is 1.02. The Bertz CT molecular complexity index is 251. The van der Waals surface area contributed by atoms with Crippen LogP contribution in [0.1, 0.15) is 47.5 Å². The summed E-state index contributed by atoms with van der Waals surface area (Å²) in [6.07, 6.45) is 0.419. The molecule has 0 saturated heterocycles. The molecular weight excluding hydrogens is 194 g/mol. The molecule has 0 radical (unpaired) electrons. The largest absolute Gasteiger partial charge is 0.388 e. The maximum absolute atomic E-state index is 11.4. The lowest BCUT2D eigenvalue weighted by Gasteiger charge is -2.38. The third-order valence-electron chi connectivity index (χ3n) is 2.69. The number of nitrogens with one attached hydrogen (secondary N) is 1. The van der Waals surface area contributed by atoms with Crippen molar-refractivity contribution in [2.24, 2.45) is 0 Å². The SMILES string of the molecule is CC(=O)CCC(=O)NC(C)(C)C(C)(C)O.